The van der Waals surface area contributed by atoms with Gasteiger partial charge < -0.3 is 0 Å². The fraction of sp³-hybridized carbons (Fsp3) is 0. The zero-order chi connectivity index (χ0) is 22.3. The molecule has 0 aliphatic carbocycles. The van der Waals surface area contributed by atoms with E-state index in [4.69, 9.17) is 0 Å². The van der Waals surface area contributed by atoms with Crippen molar-refractivity contribution in [2.24, 2.45) is 0 Å². The maximum absolute atomic E-state index is 2.28. The van der Waals surface area contributed by atoms with Crippen molar-refractivity contribution >= 4 is 34.4 Å². The molecule has 0 atom stereocenters. The van der Waals surface area contributed by atoms with Crippen LogP contribution in [0.4, 0.5) is 0 Å². The van der Waals surface area contributed by atoms with E-state index < -0.39 is 0 Å². The molecule has 0 unspecified atom stereocenters. The lowest BCUT2D eigenvalue weighted by atomic mass is 10.3. The molecule has 0 aliphatic rings. The van der Waals surface area contributed by atoms with Crippen molar-refractivity contribution in [1.29, 1.82) is 0 Å². The fourth-order valence-corrected chi connectivity index (χ4v) is 7.24. The van der Waals surface area contributed by atoms with Crippen LogP contribution in [0.1, 0.15) is 0 Å². The van der Waals surface area contributed by atoms with Crippen molar-refractivity contribution in [2.45, 2.75) is 34.3 Å². The minimum Gasteiger partial charge on any atom is -0.0901 e. The number of hydrogen-bond donors (Lipinski definition) is 0. The molecule has 0 saturated heterocycles. The second-order valence-electron chi connectivity index (χ2n) is 7.39. The Labute approximate surface area is 207 Å². The van der Waals surface area contributed by atoms with Crippen LogP contribution in [0.2, 0.25) is 0 Å². The van der Waals surface area contributed by atoms with Crippen LogP contribution in [-0.2, 0) is 10.9 Å². The first kappa shape index (κ1) is 22.0. The van der Waals surface area contributed by atoms with Crippen LogP contribution in [0.3, 0.4) is 0 Å². The molecule has 0 amide bonds. The molecule has 0 N–H and O–H groups in total. The Bertz CT molecular complexity index is 1230. The Balaban J connectivity index is 1.32. The number of hydrogen-bond acceptors (Lipinski definition) is 2. The van der Waals surface area contributed by atoms with Crippen LogP contribution in [0.5, 0.6) is 0 Å². The molecule has 0 nitrogen and oxygen atoms in total. The minimum absolute atomic E-state index is 0.104. The lowest BCUT2D eigenvalue weighted by Crippen LogP contribution is -2.04. The highest BCUT2D eigenvalue weighted by Crippen LogP contribution is 2.35. The standard InChI is InChI=1S/C30H23S3/c1-4-10-24(11-5-1)31-25-16-18-26(19-17-25)32-27-20-22-30(23-21-27)33(28-12-6-2-7-13-28)29-14-8-3-9-15-29/h1-23H/q+1. The van der Waals surface area contributed by atoms with Crippen molar-refractivity contribution in [2.75, 3.05) is 0 Å². The van der Waals surface area contributed by atoms with Crippen LogP contribution < -0.4 is 0 Å². The molecular formula is C30H23S3+. The summed E-state index contributed by atoms with van der Waals surface area (Å²) in [7, 11) is -0.104. The highest BCUT2D eigenvalue weighted by Gasteiger charge is 2.28. The van der Waals surface area contributed by atoms with E-state index in [1.165, 1.54) is 34.3 Å². The molecule has 0 fully saturated rings. The Hall–Kier alpha value is -2.85. The summed E-state index contributed by atoms with van der Waals surface area (Å²) in [6, 6.07) is 50.0. The summed E-state index contributed by atoms with van der Waals surface area (Å²) in [4.78, 5) is 9.06. The monoisotopic (exact) mass is 479 g/mol. The Morgan fingerprint density at radius 1 is 0.303 bits per heavy atom. The van der Waals surface area contributed by atoms with Gasteiger partial charge in [0.05, 0.1) is 10.9 Å². The van der Waals surface area contributed by atoms with Crippen molar-refractivity contribution < 1.29 is 0 Å². The third-order valence-electron chi connectivity index (χ3n) is 5.06. The molecule has 0 bridgehead atoms. The van der Waals surface area contributed by atoms with Crippen LogP contribution in [0, 0.1) is 0 Å². The molecule has 0 saturated carbocycles. The first-order valence-corrected chi connectivity index (χ1v) is 13.7. The van der Waals surface area contributed by atoms with Gasteiger partial charge in [-0.15, -0.1) is 0 Å². The van der Waals surface area contributed by atoms with Gasteiger partial charge in [0.2, 0.25) is 0 Å². The summed E-state index contributed by atoms with van der Waals surface area (Å²) in [5.74, 6) is 0. The highest BCUT2D eigenvalue weighted by atomic mass is 32.2. The molecule has 0 heterocycles. The second-order valence-corrected chi connectivity index (χ2v) is 11.7. The molecule has 3 heteroatoms. The van der Waals surface area contributed by atoms with E-state index in [9.17, 15) is 0 Å². The summed E-state index contributed by atoms with van der Waals surface area (Å²) in [6.07, 6.45) is 0. The van der Waals surface area contributed by atoms with Crippen molar-refractivity contribution in [3.63, 3.8) is 0 Å². The first-order chi connectivity index (χ1) is 16.3. The van der Waals surface area contributed by atoms with Gasteiger partial charge in [0.15, 0.2) is 14.7 Å². The van der Waals surface area contributed by atoms with Crippen molar-refractivity contribution in [3.05, 3.63) is 140 Å². The number of benzene rings is 5. The molecule has 0 spiro atoms. The van der Waals surface area contributed by atoms with E-state index in [1.807, 2.05) is 11.8 Å². The average Bonchev–Trinajstić information content (AvgIpc) is 2.88. The quantitative estimate of drug-likeness (QED) is 0.213. The molecule has 33 heavy (non-hydrogen) atoms. The lowest BCUT2D eigenvalue weighted by molar-refractivity contribution is 1.28. The molecule has 5 aromatic carbocycles. The molecule has 160 valence electrons. The van der Waals surface area contributed by atoms with Gasteiger partial charge in [-0.1, -0.05) is 78.1 Å². The summed E-state index contributed by atoms with van der Waals surface area (Å²) in [6.45, 7) is 0. The van der Waals surface area contributed by atoms with Crippen LogP contribution in [0.25, 0.3) is 0 Å². The molecule has 5 aromatic rings. The second kappa shape index (κ2) is 10.8. The van der Waals surface area contributed by atoms with E-state index in [0.717, 1.165) is 0 Å². The van der Waals surface area contributed by atoms with Gasteiger partial charge in [0.25, 0.3) is 0 Å². The van der Waals surface area contributed by atoms with Gasteiger partial charge in [-0.3, -0.25) is 0 Å². The fourth-order valence-electron chi connectivity index (χ4n) is 3.50. The first-order valence-electron chi connectivity index (χ1n) is 10.8. The topological polar surface area (TPSA) is 0 Å². The minimum atomic E-state index is -0.104. The van der Waals surface area contributed by atoms with Gasteiger partial charge >= 0.3 is 0 Å². The van der Waals surface area contributed by atoms with E-state index in [0.29, 0.717) is 0 Å². The molecular weight excluding hydrogens is 457 g/mol. The van der Waals surface area contributed by atoms with Crippen molar-refractivity contribution in [1.82, 2.24) is 0 Å². The zero-order valence-corrected chi connectivity index (χ0v) is 20.5. The lowest BCUT2D eigenvalue weighted by Gasteiger charge is -2.09. The van der Waals surface area contributed by atoms with Gasteiger partial charge in [-0.2, -0.15) is 0 Å². The molecule has 0 aromatic heterocycles. The normalized spacial score (nSPS) is 10.9. The predicted octanol–water partition coefficient (Wildman–Crippen LogP) is 9.08. The van der Waals surface area contributed by atoms with Gasteiger partial charge in [0, 0.05) is 19.6 Å². The Morgan fingerprint density at radius 3 is 1.03 bits per heavy atom. The summed E-state index contributed by atoms with van der Waals surface area (Å²) in [5.41, 5.74) is 0. The largest absolute Gasteiger partial charge is 0.166 e. The summed E-state index contributed by atoms with van der Waals surface area (Å²) < 4.78 is 0. The summed E-state index contributed by atoms with van der Waals surface area (Å²) in [5, 5.41) is 0. The smallest absolute Gasteiger partial charge is 0.0901 e. The zero-order valence-electron chi connectivity index (χ0n) is 18.0. The van der Waals surface area contributed by atoms with Crippen molar-refractivity contribution in [3.8, 4) is 0 Å². The van der Waals surface area contributed by atoms with E-state index in [2.05, 4.69) is 140 Å². The highest BCUT2D eigenvalue weighted by molar-refractivity contribution is 8.00. The summed E-state index contributed by atoms with van der Waals surface area (Å²) >= 11 is 3.60. The Morgan fingerprint density at radius 2 is 0.606 bits per heavy atom. The SMILES string of the molecule is c1ccc(Sc2ccc(Sc3ccc([S+](c4ccccc4)c4ccccc4)cc3)cc2)cc1. The average molecular weight is 480 g/mol. The van der Waals surface area contributed by atoms with Crippen LogP contribution in [-0.4, -0.2) is 0 Å². The number of rotatable bonds is 7. The van der Waals surface area contributed by atoms with Gasteiger partial charge in [-0.05, 0) is 84.9 Å². The van der Waals surface area contributed by atoms with Gasteiger partial charge in [0.1, 0.15) is 0 Å². The molecule has 5 rings (SSSR count). The Kier molecular flexibility index (Phi) is 7.22. The predicted molar refractivity (Wildman–Crippen MR) is 143 cm³/mol. The van der Waals surface area contributed by atoms with E-state index in [1.54, 1.807) is 11.8 Å². The maximum atomic E-state index is 2.28. The van der Waals surface area contributed by atoms with Gasteiger partial charge in [-0.25, -0.2) is 0 Å². The molecule has 0 aliphatic heterocycles. The third-order valence-corrected chi connectivity index (χ3v) is 9.32. The maximum Gasteiger partial charge on any atom is 0.166 e. The van der Waals surface area contributed by atoms with E-state index in [-0.39, 0.29) is 10.9 Å². The van der Waals surface area contributed by atoms with E-state index >= 15 is 0 Å². The molecule has 0 radical (unpaired) electrons. The van der Waals surface area contributed by atoms with Crippen LogP contribution in [0.15, 0.2) is 174 Å². The third kappa shape index (κ3) is 5.75. The van der Waals surface area contributed by atoms with Crippen LogP contribution >= 0.6 is 23.5 Å².